The first-order chi connectivity index (χ1) is 7.37. The van der Waals surface area contributed by atoms with Gasteiger partial charge in [0.05, 0.1) is 31.6 Å². The molecule has 0 radical (unpaired) electrons. The van der Waals surface area contributed by atoms with Crippen LogP contribution in [-0.4, -0.2) is 45.8 Å². The molecule has 1 unspecified atom stereocenters. The second kappa shape index (κ2) is 7.41. The molecular weight excluding hydrogens is 231 g/mol. The van der Waals surface area contributed by atoms with E-state index >= 15 is 0 Å². The topological polar surface area (TPSA) is 54.0 Å². The Morgan fingerprint density at radius 2 is 1.56 bits per heavy atom. The van der Waals surface area contributed by atoms with E-state index in [4.69, 9.17) is 18.5 Å². The van der Waals surface area contributed by atoms with E-state index in [1.807, 2.05) is 20.8 Å². The summed E-state index contributed by atoms with van der Waals surface area (Å²) in [4.78, 5) is 0. The van der Waals surface area contributed by atoms with Crippen molar-refractivity contribution in [3.05, 3.63) is 0 Å². The number of ether oxygens (including phenoxy) is 2. The number of hydrogen-bond acceptors (Lipinski definition) is 5. The smallest absolute Gasteiger partial charge is 0.335 e. The summed E-state index contributed by atoms with van der Waals surface area (Å²) < 4.78 is 32.5. The lowest BCUT2D eigenvalue weighted by atomic mass is 10.3. The highest BCUT2D eigenvalue weighted by Gasteiger charge is 2.38. The standard InChI is InChI=1S/C10H23O5P/c1-10(2,3)16(11,13-5)15-9-8-14-7-6-12-4/h6-9H2,1-5H3. The van der Waals surface area contributed by atoms with Crippen molar-refractivity contribution in [2.45, 2.75) is 25.9 Å². The van der Waals surface area contributed by atoms with E-state index in [0.29, 0.717) is 19.8 Å². The average molecular weight is 254 g/mol. The molecule has 0 aromatic rings. The molecule has 0 saturated heterocycles. The van der Waals surface area contributed by atoms with Crippen LogP contribution in [0.25, 0.3) is 0 Å². The molecular formula is C10H23O5P. The predicted octanol–water partition coefficient (Wildman–Crippen LogP) is 2.30. The molecule has 0 aliphatic carbocycles. The molecule has 6 heteroatoms. The van der Waals surface area contributed by atoms with E-state index in [9.17, 15) is 4.57 Å². The zero-order chi connectivity index (χ0) is 12.7. The molecule has 0 N–H and O–H groups in total. The van der Waals surface area contributed by atoms with Crippen LogP contribution in [0.15, 0.2) is 0 Å². The summed E-state index contributed by atoms with van der Waals surface area (Å²) in [6.07, 6.45) is 0. The molecule has 0 fully saturated rings. The molecule has 16 heavy (non-hydrogen) atoms. The maximum absolute atomic E-state index is 12.2. The molecule has 0 rings (SSSR count). The van der Waals surface area contributed by atoms with Crippen molar-refractivity contribution in [2.75, 3.05) is 40.6 Å². The summed E-state index contributed by atoms with van der Waals surface area (Å²) in [5.41, 5.74) is 0. The predicted molar refractivity (Wildman–Crippen MR) is 63.0 cm³/mol. The molecule has 0 aliphatic heterocycles. The van der Waals surface area contributed by atoms with Crippen LogP contribution in [-0.2, 0) is 23.1 Å². The Kier molecular flexibility index (Phi) is 7.44. The lowest BCUT2D eigenvalue weighted by molar-refractivity contribution is 0.0505. The highest BCUT2D eigenvalue weighted by Crippen LogP contribution is 2.58. The maximum Gasteiger partial charge on any atom is 0.335 e. The SMILES string of the molecule is COCCOCCOP(=O)(OC)C(C)(C)C. The lowest BCUT2D eigenvalue weighted by Gasteiger charge is -2.28. The van der Waals surface area contributed by atoms with Crippen molar-refractivity contribution < 1.29 is 23.1 Å². The summed E-state index contributed by atoms with van der Waals surface area (Å²) in [5.74, 6) is 0. The van der Waals surface area contributed by atoms with Gasteiger partial charge in [-0.25, -0.2) is 0 Å². The minimum absolute atomic E-state index is 0.256. The second-order valence-corrected chi connectivity index (χ2v) is 7.25. The third-order valence-corrected chi connectivity index (χ3v) is 4.63. The van der Waals surface area contributed by atoms with E-state index in [0.717, 1.165) is 0 Å². The van der Waals surface area contributed by atoms with Gasteiger partial charge in [0, 0.05) is 14.2 Å². The van der Waals surface area contributed by atoms with Crippen LogP contribution >= 0.6 is 7.60 Å². The van der Waals surface area contributed by atoms with Crippen molar-refractivity contribution in [1.29, 1.82) is 0 Å². The van der Waals surface area contributed by atoms with Gasteiger partial charge in [-0.1, -0.05) is 0 Å². The number of methoxy groups -OCH3 is 1. The Hall–Kier alpha value is 0.0700. The van der Waals surface area contributed by atoms with Crippen LogP contribution in [0, 0.1) is 0 Å². The summed E-state index contributed by atoms with van der Waals surface area (Å²) in [6.45, 7) is 7.15. The molecule has 98 valence electrons. The highest BCUT2D eigenvalue weighted by molar-refractivity contribution is 7.55. The average Bonchev–Trinajstić information content (AvgIpc) is 2.21. The van der Waals surface area contributed by atoms with Gasteiger partial charge in [-0.15, -0.1) is 0 Å². The first-order valence-corrected chi connectivity index (χ1v) is 6.79. The molecule has 0 aliphatic rings. The van der Waals surface area contributed by atoms with Crippen LogP contribution in [0.1, 0.15) is 20.8 Å². The zero-order valence-electron chi connectivity index (χ0n) is 10.8. The van der Waals surface area contributed by atoms with E-state index in [2.05, 4.69) is 0 Å². The van der Waals surface area contributed by atoms with Crippen molar-refractivity contribution in [3.63, 3.8) is 0 Å². The van der Waals surface area contributed by atoms with Crippen molar-refractivity contribution in [2.24, 2.45) is 0 Å². The molecule has 0 bridgehead atoms. The first-order valence-electron chi connectivity index (χ1n) is 5.24. The molecule has 0 spiro atoms. The lowest BCUT2D eigenvalue weighted by Crippen LogP contribution is -2.19. The second-order valence-electron chi connectivity index (χ2n) is 4.29. The number of hydrogen-bond donors (Lipinski definition) is 0. The van der Waals surface area contributed by atoms with E-state index in [1.165, 1.54) is 7.11 Å². The zero-order valence-corrected chi connectivity index (χ0v) is 11.7. The fourth-order valence-electron chi connectivity index (χ4n) is 0.981. The Morgan fingerprint density at radius 3 is 2.00 bits per heavy atom. The van der Waals surface area contributed by atoms with Gasteiger partial charge >= 0.3 is 7.60 Å². The van der Waals surface area contributed by atoms with Crippen molar-refractivity contribution in [3.8, 4) is 0 Å². The van der Waals surface area contributed by atoms with E-state index < -0.39 is 12.8 Å². The van der Waals surface area contributed by atoms with Crippen LogP contribution in [0.5, 0.6) is 0 Å². The van der Waals surface area contributed by atoms with E-state index in [1.54, 1.807) is 7.11 Å². The van der Waals surface area contributed by atoms with Gasteiger partial charge in [0.2, 0.25) is 0 Å². The number of rotatable bonds is 8. The van der Waals surface area contributed by atoms with Gasteiger partial charge in [-0.2, -0.15) is 0 Å². The van der Waals surface area contributed by atoms with Crippen LogP contribution in [0.3, 0.4) is 0 Å². The third-order valence-electron chi connectivity index (χ3n) is 1.98. The normalized spacial score (nSPS) is 16.1. The largest absolute Gasteiger partial charge is 0.382 e. The summed E-state index contributed by atoms with van der Waals surface area (Å²) in [6, 6.07) is 0. The molecule has 1 atom stereocenters. The van der Waals surface area contributed by atoms with Gasteiger partial charge in [0.15, 0.2) is 0 Å². The Bertz CT molecular complexity index is 224. The molecule has 0 aromatic carbocycles. The minimum Gasteiger partial charge on any atom is -0.382 e. The summed E-state index contributed by atoms with van der Waals surface area (Å²) in [7, 11) is -0.0406. The molecule has 5 nitrogen and oxygen atoms in total. The van der Waals surface area contributed by atoms with Crippen LogP contribution in [0.2, 0.25) is 0 Å². The fourth-order valence-corrected chi connectivity index (χ4v) is 2.34. The summed E-state index contributed by atoms with van der Waals surface area (Å²) >= 11 is 0. The Morgan fingerprint density at radius 1 is 1.00 bits per heavy atom. The summed E-state index contributed by atoms with van der Waals surface area (Å²) in [5, 5.41) is -0.520. The molecule has 0 aromatic heterocycles. The van der Waals surface area contributed by atoms with Gasteiger partial charge < -0.3 is 18.5 Å². The Labute approximate surface area is 97.9 Å². The molecule has 0 heterocycles. The van der Waals surface area contributed by atoms with Gasteiger partial charge in [-0.05, 0) is 20.8 Å². The Balaban J connectivity index is 3.85. The van der Waals surface area contributed by atoms with Crippen LogP contribution in [0.4, 0.5) is 0 Å². The third kappa shape index (κ3) is 5.41. The highest BCUT2D eigenvalue weighted by atomic mass is 31.2. The van der Waals surface area contributed by atoms with Crippen LogP contribution < -0.4 is 0 Å². The minimum atomic E-state index is -3.05. The quantitative estimate of drug-likeness (QED) is 0.491. The van der Waals surface area contributed by atoms with Gasteiger partial charge in [0.25, 0.3) is 0 Å². The molecule has 0 amide bonds. The van der Waals surface area contributed by atoms with Crippen molar-refractivity contribution >= 4 is 7.60 Å². The maximum atomic E-state index is 12.2. The van der Waals surface area contributed by atoms with Gasteiger partial charge in [0.1, 0.15) is 0 Å². The fraction of sp³-hybridized carbons (Fsp3) is 1.00. The van der Waals surface area contributed by atoms with E-state index in [-0.39, 0.29) is 6.61 Å². The van der Waals surface area contributed by atoms with Gasteiger partial charge in [-0.3, -0.25) is 4.57 Å². The first kappa shape index (κ1) is 16.1. The monoisotopic (exact) mass is 254 g/mol. The molecule has 0 saturated carbocycles. The van der Waals surface area contributed by atoms with Crippen molar-refractivity contribution in [1.82, 2.24) is 0 Å².